The van der Waals surface area contributed by atoms with Gasteiger partial charge in [0, 0.05) is 6.42 Å². The van der Waals surface area contributed by atoms with Crippen LogP contribution < -0.4 is 0 Å². The first-order valence-electron chi connectivity index (χ1n) is 2.44. The van der Waals surface area contributed by atoms with Gasteiger partial charge in [0.1, 0.15) is 6.10 Å². The minimum atomic E-state index is -4.94. The van der Waals surface area contributed by atoms with Crippen molar-refractivity contribution in [2.75, 3.05) is 0 Å². The first-order chi connectivity index (χ1) is 4.31. The highest BCUT2D eigenvalue weighted by Crippen LogP contribution is 2.46. The predicted octanol–water partition coefficient (Wildman–Crippen LogP) is 1.93. The van der Waals surface area contributed by atoms with Gasteiger partial charge in [0.05, 0.1) is 0 Å². The van der Waals surface area contributed by atoms with Gasteiger partial charge in [-0.2, -0.15) is 0 Å². The highest BCUT2D eigenvalue weighted by Gasteiger charge is 2.62. The molecule has 1 saturated carbocycles. The Morgan fingerprint density at radius 3 is 1.80 bits per heavy atom. The lowest BCUT2D eigenvalue weighted by atomic mass is 10.8. The monoisotopic (exact) mass is 162 g/mol. The molecule has 10 heavy (non-hydrogen) atoms. The van der Waals surface area contributed by atoms with E-state index in [2.05, 4.69) is 4.74 Å². The van der Waals surface area contributed by atoms with E-state index in [0.717, 1.165) is 0 Å². The zero-order chi connectivity index (χ0) is 7.99. The standard InChI is InChI=1S/C4H3F5O/c5-3(6)1-2(3)10-4(7,8)9/h2H,1H2. The lowest BCUT2D eigenvalue weighted by Gasteiger charge is -2.04. The zero-order valence-corrected chi connectivity index (χ0v) is 4.58. The minimum absolute atomic E-state index is 0.827. The van der Waals surface area contributed by atoms with Crippen molar-refractivity contribution in [1.82, 2.24) is 0 Å². The Labute approximate surface area is 52.8 Å². The molecule has 0 aromatic carbocycles. The van der Waals surface area contributed by atoms with Crippen LogP contribution in [-0.2, 0) is 4.74 Å². The first kappa shape index (κ1) is 7.71. The highest BCUT2D eigenvalue weighted by atomic mass is 19.4. The Kier molecular flexibility index (Phi) is 1.39. The van der Waals surface area contributed by atoms with Gasteiger partial charge in [-0.1, -0.05) is 0 Å². The maximum atomic E-state index is 11.7. The summed E-state index contributed by atoms with van der Waals surface area (Å²) in [5, 5.41) is 0. The van der Waals surface area contributed by atoms with Gasteiger partial charge in [0.25, 0.3) is 5.92 Å². The van der Waals surface area contributed by atoms with E-state index in [0.29, 0.717) is 0 Å². The molecule has 0 spiro atoms. The normalized spacial score (nSPS) is 30.3. The van der Waals surface area contributed by atoms with Crippen LogP contribution in [0.5, 0.6) is 0 Å². The zero-order valence-electron chi connectivity index (χ0n) is 4.58. The average molecular weight is 162 g/mol. The molecular weight excluding hydrogens is 159 g/mol. The predicted molar refractivity (Wildman–Crippen MR) is 20.5 cm³/mol. The lowest BCUT2D eigenvalue weighted by Crippen LogP contribution is -2.18. The number of ether oxygens (including phenoxy) is 1. The van der Waals surface area contributed by atoms with Gasteiger partial charge in [-0.25, -0.2) is 8.78 Å². The van der Waals surface area contributed by atoms with Crippen LogP contribution >= 0.6 is 0 Å². The van der Waals surface area contributed by atoms with E-state index in [1.165, 1.54) is 0 Å². The Hall–Kier alpha value is -0.390. The summed E-state index contributed by atoms with van der Waals surface area (Å²) < 4.78 is 59.8. The third-order valence-corrected chi connectivity index (χ3v) is 1.04. The number of alkyl halides is 5. The summed E-state index contributed by atoms with van der Waals surface area (Å²) in [6, 6.07) is 0. The smallest absolute Gasteiger partial charge is 0.282 e. The van der Waals surface area contributed by atoms with Gasteiger partial charge in [0.15, 0.2) is 0 Å². The Balaban J connectivity index is 2.31. The van der Waals surface area contributed by atoms with Gasteiger partial charge in [0.2, 0.25) is 0 Å². The average Bonchev–Trinajstić information content (AvgIpc) is 2.05. The van der Waals surface area contributed by atoms with E-state index in [-0.39, 0.29) is 0 Å². The summed E-state index contributed by atoms with van der Waals surface area (Å²) in [6.07, 6.45) is -7.72. The van der Waals surface area contributed by atoms with E-state index in [4.69, 9.17) is 0 Å². The molecule has 1 aliphatic rings. The first-order valence-corrected chi connectivity index (χ1v) is 2.44. The van der Waals surface area contributed by atoms with Gasteiger partial charge >= 0.3 is 6.36 Å². The molecule has 0 aliphatic heterocycles. The summed E-state index contributed by atoms with van der Waals surface area (Å²) in [7, 11) is 0. The van der Waals surface area contributed by atoms with Crippen LogP contribution in [0.3, 0.4) is 0 Å². The summed E-state index contributed by atoms with van der Waals surface area (Å²) in [6.45, 7) is 0. The molecule has 1 rings (SSSR count). The maximum Gasteiger partial charge on any atom is 0.522 e. The van der Waals surface area contributed by atoms with Crippen LogP contribution in [0.4, 0.5) is 22.0 Å². The quantitative estimate of drug-likeness (QED) is 0.535. The van der Waals surface area contributed by atoms with E-state index in [1.54, 1.807) is 0 Å². The maximum absolute atomic E-state index is 11.7. The molecule has 0 bridgehead atoms. The fourth-order valence-corrected chi connectivity index (χ4v) is 0.477. The second kappa shape index (κ2) is 1.81. The topological polar surface area (TPSA) is 9.23 Å². The van der Waals surface area contributed by atoms with E-state index in [1.807, 2.05) is 0 Å². The Morgan fingerprint density at radius 1 is 1.30 bits per heavy atom. The molecule has 0 amide bonds. The summed E-state index contributed by atoms with van der Waals surface area (Å²) in [5.74, 6) is -3.27. The van der Waals surface area contributed by atoms with Crippen LogP contribution in [0.25, 0.3) is 0 Å². The van der Waals surface area contributed by atoms with Crippen LogP contribution in [0.15, 0.2) is 0 Å². The SMILES string of the molecule is FC(F)(F)OC1CC1(F)F. The molecule has 6 heteroatoms. The van der Waals surface area contributed by atoms with Gasteiger partial charge in [-0.15, -0.1) is 13.2 Å². The van der Waals surface area contributed by atoms with Crippen molar-refractivity contribution >= 4 is 0 Å². The molecule has 0 radical (unpaired) electrons. The van der Waals surface area contributed by atoms with Crippen LogP contribution in [-0.4, -0.2) is 18.4 Å². The van der Waals surface area contributed by atoms with Crippen molar-refractivity contribution in [3.8, 4) is 0 Å². The largest absolute Gasteiger partial charge is 0.522 e. The minimum Gasteiger partial charge on any atom is -0.282 e. The molecule has 0 saturated heterocycles. The number of halogens is 5. The number of hydrogen-bond donors (Lipinski definition) is 0. The number of rotatable bonds is 1. The molecule has 0 heterocycles. The van der Waals surface area contributed by atoms with Gasteiger partial charge < -0.3 is 0 Å². The Bertz CT molecular complexity index is 139. The van der Waals surface area contributed by atoms with Crippen molar-refractivity contribution in [3.63, 3.8) is 0 Å². The van der Waals surface area contributed by atoms with Crippen molar-refractivity contribution in [2.24, 2.45) is 0 Å². The van der Waals surface area contributed by atoms with E-state index < -0.39 is 24.8 Å². The Morgan fingerprint density at radius 2 is 1.70 bits per heavy atom. The molecule has 0 N–H and O–H groups in total. The molecule has 60 valence electrons. The molecule has 0 aromatic rings. The molecular formula is C4H3F5O. The van der Waals surface area contributed by atoms with Crippen LogP contribution in [0.2, 0.25) is 0 Å². The summed E-state index contributed by atoms with van der Waals surface area (Å²) in [5.41, 5.74) is 0. The van der Waals surface area contributed by atoms with Crippen LogP contribution in [0.1, 0.15) is 6.42 Å². The van der Waals surface area contributed by atoms with Crippen LogP contribution in [0, 0.1) is 0 Å². The van der Waals surface area contributed by atoms with Crippen molar-refractivity contribution in [2.45, 2.75) is 24.8 Å². The van der Waals surface area contributed by atoms with E-state index >= 15 is 0 Å². The van der Waals surface area contributed by atoms with Crippen molar-refractivity contribution < 1.29 is 26.7 Å². The molecule has 1 fully saturated rings. The molecule has 0 aromatic heterocycles. The number of hydrogen-bond acceptors (Lipinski definition) is 1. The van der Waals surface area contributed by atoms with Gasteiger partial charge in [-0.3, -0.25) is 4.74 Å². The molecule has 1 unspecified atom stereocenters. The summed E-state index contributed by atoms with van der Waals surface area (Å²) in [4.78, 5) is 0. The second-order valence-electron chi connectivity index (χ2n) is 2.02. The lowest BCUT2D eigenvalue weighted by molar-refractivity contribution is -0.336. The van der Waals surface area contributed by atoms with Crippen molar-refractivity contribution in [1.29, 1.82) is 0 Å². The highest BCUT2D eigenvalue weighted by molar-refractivity contribution is 4.97. The summed E-state index contributed by atoms with van der Waals surface area (Å²) >= 11 is 0. The fraction of sp³-hybridized carbons (Fsp3) is 1.00. The van der Waals surface area contributed by atoms with Gasteiger partial charge in [-0.05, 0) is 0 Å². The second-order valence-corrected chi connectivity index (χ2v) is 2.02. The third kappa shape index (κ3) is 1.80. The fourth-order valence-electron chi connectivity index (χ4n) is 0.477. The third-order valence-electron chi connectivity index (χ3n) is 1.04. The van der Waals surface area contributed by atoms with E-state index in [9.17, 15) is 22.0 Å². The van der Waals surface area contributed by atoms with Crippen molar-refractivity contribution in [3.05, 3.63) is 0 Å². The molecule has 1 aliphatic carbocycles. The molecule has 1 atom stereocenters. The molecule has 1 nitrogen and oxygen atoms in total.